The molecule has 3 N–H and O–H groups in total. The zero-order chi connectivity index (χ0) is 23.0. The number of pyridine rings is 1. The summed E-state index contributed by atoms with van der Waals surface area (Å²) in [5, 5.41) is 7.56. The van der Waals surface area contributed by atoms with E-state index >= 15 is 0 Å². The maximum atomic E-state index is 13.4. The maximum Gasteiger partial charge on any atom is 0.280 e. The summed E-state index contributed by atoms with van der Waals surface area (Å²) < 4.78 is 33.8. The molecule has 8 nitrogen and oxygen atoms in total. The molecule has 0 aliphatic rings. The van der Waals surface area contributed by atoms with Crippen molar-refractivity contribution in [2.24, 2.45) is 5.73 Å². The van der Waals surface area contributed by atoms with Gasteiger partial charge in [-0.2, -0.15) is 5.10 Å². The van der Waals surface area contributed by atoms with E-state index in [1.54, 1.807) is 23.7 Å². The Labute approximate surface area is 189 Å². The van der Waals surface area contributed by atoms with Crippen molar-refractivity contribution < 1.29 is 22.8 Å². The molecule has 0 unspecified atom stereocenters. The Morgan fingerprint density at radius 1 is 1.41 bits per heavy atom. The minimum Gasteiger partial charge on any atom is -0.464 e. The monoisotopic (exact) mass is 479 g/mol. The molecule has 0 radical (unpaired) electrons. The van der Waals surface area contributed by atoms with Gasteiger partial charge in [-0.1, -0.05) is 11.6 Å². The molecule has 0 aromatic carbocycles. The standard InChI is InChI=1S/C20H16ClF2N5O3S/c1-9-11(21)8-25-28(9)5-4-14(29)27-16-15-10(13-3-2-6-31-13)7-12(18(22)23)26-20(15)32-17(16)19(24)30/h2-3,6-8,18H,4-5H2,1H3,(H2,24,30)(H,27,29). The number of carbonyl (C=O) groups is 2. The SMILES string of the molecule is Cc1c(Cl)cnn1CCC(=O)Nc1c(C(N)=O)sc2nc(C(F)F)cc(-c3ccco3)c12. The summed E-state index contributed by atoms with van der Waals surface area (Å²) in [6.45, 7) is 2.02. The third-order valence-electron chi connectivity index (χ3n) is 4.77. The van der Waals surface area contributed by atoms with Crippen LogP contribution in [0.2, 0.25) is 5.02 Å². The first-order chi connectivity index (χ1) is 15.3. The number of halogens is 3. The molecule has 4 heterocycles. The van der Waals surface area contributed by atoms with Gasteiger partial charge in [-0.15, -0.1) is 11.3 Å². The van der Waals surface area contributed by atoms with Crippen molar-refractivity contribution in [1.82, 2.24) is 14.8 Å². The minimum absolute atomic E-state index is 0.00149. The van der Waals surface area contributed by atoms with Crippen molar-refractivity contribution >= 4 is 50.7 Å². The Hall–Kier alpha value is -3.31. The summed E-state index contributed by atoms with van der Waals surface area (Å²) in [4.78, 5) is 28.9. The first-order valence-electron chi connectivity index (χ1n) is 9.33. The van der Waals surface area contributed by atoms with Crippen molar-refractivity contribution in [3.05, 3.63) is 51.9 Å². The molecule has 166 valence electrons. The number of aryl methyl sites for hydroxylation is 1. The molecule has 0 aliphatic carbocycles. The number of alkyl halides is 2. The number of furan rings is 1. The van der Waals surface area contributed by atoms with E-state index < -0.39 is 23.9 Å². The van der Waals surface area contributed by atoms with Crippen LogP contribution in [0.25, 0.3) is 21.5 Å². The Morgan fingerprint density at radius 2 is 2.19 bits per heavy atom. The number of nitrogens with one attached hydrogen (secondary N) is 1. The van der Waals surface area contributed by atoms with Crippen LogP contribution in [0.15, 0.2) is 35.1 Å². The summed E-state index contributed by atoms with van der Waals surface area (Å²) in [5.74, 6) is -0.964. The summed E-state index contributed by atoms with van der Waals surface area (Å²) in [6, 6.07) is 4.36. The molecule has 4 aromatic rings. The van der Waals surface area contributed by atoms with Gasteiger partial charge in [0.2, 0.25) is 5.91 Å². The zero-order valence-electron chi connectivity index (χ0n) is 16.6. The van der Waals surface area contributed by atoms with Gasteiger partial charge in [-0.3, -0.25) is 14.3 Å². The van der Waals surface area contributed by atoms with Crippen molar-refractivity contribution in [2.75, 3.05) is 5.32 Å². The number of anilines is 1. The Kier molecular flexibility index (Phi) is 5.94. The molecule has 4 aromatic heterocycles. The molecule has 2 amide bonds. The largest absolute Gasteiger partial charge is 0.464 e. The lowest BCUT2D eigenvalue weighted by molar-refractivity contribution is -0.116. The van der Waals surface area contributed by atoms with Crippen LogP contribution in [0.4, 0.5) is 14.5 Å². The number of carbonyl (C=O) groups excluding carboxylic acids is 2. The number of hydrogen-bond donors (Lipinski definition) is 2. The van der Waals surface area contributed by atoms with Gasteiger partial charge in [0, 0.05) is 17.4 Å². The second-order valence-corrected chi connectivity index (χ2v) is 8.23. The van der Waals surface area contributed by atoms with E-state index in [4.69, 9.17) is 21.8 Å². The van der Waals surface area contributed by atoms with Crippen LogP contribution in [-0.2, 0) is 11.3 Å². The van der Waals surface area contributed by atoms with E-state index in [1.807, 2.05) is 0 Å². The average Bonchev–Trinajstić information content (AvgIpc) is 3.47. The number of rotatable bonds is 7. The topological polar surface area (TPSA) is 116 Å². The highest BCUT2D eigenvalue weighted by Gasteiger charge is 2.25. The zero-order valence-corrected chi connectivity index (χ0v) is 18.1. The molecule has 0 spiro atoms. The predicted octanol–water partition coefficient (Wildman–Crippen LogP) is 4.78. The highest BCUT2D eigenvalue weighted by atomic mass is 35.5. The highest BCUT2D eigenvalue weighted by molar-refractivity contribution is 7.21. The lowest BCUT2D eigenvalue weighted by atomic mass is 10.1. The molecule has 0 saturated heterocycles. The lowest BCUT2D eigenvalue weighted by Crippen LogP contribution is -2.18. The van der Waals surface area contributed by atoms with Crippen LogP contribution < -0.4 is 11.1 Å². The summed E-state index contributed by atoms with van der Waals surface area (Å²) >= 11 is 6.81. The molecular weight excluding hydrogens is 464 g/mol. The number of hydrogen-bond acceptors (Lipinski definition) is 6. The number of thiophene rings is 1. The average molecular weight is 480 g/mol. The number of aromatic nitrogens is 3. The van der Waals surface area contributed by atoms with E-state index in [9.17, 15) is 18.4 Å². The number of nitrogens with two attached hydrogens (primary N) is 1. The van der Waals surface area contributed by atoms with Gasteiger partial charge in [0.25, 0.3) is 12.3 Å². The minimum atomic E-state index is -2.84. The quantitative estimate of drug-likeness (QED) is 0.395. The second-order valence-electron chi connectivity index (χ2n) is 6.82. The summed E-state index contributed by atoms with van der Waals surface area (Å²) in [6.07, 6.45) is 0.0525. The van der Waals surface area contributed by atoms with Crippen LogP contribution in [0.1, 0.15) is 33.9 Å². The van der Waals surface area contributed by atoms with Crippen molar-refractivity contribution in [2.45, 2.75) is 26.3 Å². The van der Waals surface area contributed by atoms with Gasteiger partial charge in [-0.25, -0.2) is 13.8 Å². The van der Waals surface area contributed by atoms with E-state index in [0.717, 1.165) is 11.3 Å². The molecule has 0 saturated carbocycles. The third-order valence-corrected chi connectivity index (χ3v) is 6.24. The Balaban J connectivity index is 1.75. The third kappa shape index (κ3) is 4.08. The van der Waals surface area contributed by atoms with Crippen LogP contribution in [0, 0.1) is 6.92 Å². The molecule has 4 rings (SSSR count). The van der Waals surface area contributed by atoms with Crippen molar-refractivity contribution in [1.29, 1.82) is 0 Å². The van der Waals surface area contributed by atoms with Crippen LogP contribution >= 0.6 is 22.9 Å². The first-order valence-corrected chi connectivity index (χ1v) is 10.5. The number of fused-ring (bicyclic) bond motifs is 1. The highest BCUT2D eigenvalue weighted by Crippen LogP contribution is 2.42. The molecule has 0 fully saturated rings. The maximum absolute atomic E-state index is 13.4. The van der Waals surface area contributed by atoms with Gasteiger partial charge >= 0.3 is 0 Å². The van der Waals surface area contributed by atoms with Crippen LogP contribution in [0.5, 0.6) is 0 Å². The van der Waals surface area contributed by atoms with Crippen LogP contribution in [0.3, 0.4) is 0 Å². The molecule has 0 aliphatic heterocycles. The fourth-order valence-electron chi connectivity index (χ4n) is 3.21. The number of primary amides is 1. The normalized spacial score (nSPS) is 11.4. The van der Waals surface area contributed by atoms with Gasteiger partial charge in [0.15, 0.2) is 0 Å². The molecule has 0 atom stereocenters. The first kappa shape index (κ1) is 21.9. The molecule has 0 bridgehead atoms. The smallest absolute Gasteiger partial charge is 0.280 e. The Bertz CT molecular complexity index is 1320. The summed E-state index contributed by atoms with van der Waals surface area (Å²) in [7, 11) is 0. The molecule has 32 heavy (non-hydrogen) atoms. The number of nitrogens with zero attached hydrogens (tertiary/aromatic N) is 3. The van der Waals surface area contributed by atoms with E-state index in [0.29, 0.717) is 16.1 Å². The molecular formula is C20H16ClF2N5O3S. The van der Waals surface area contributed by atoms with Gasteiger partial charge < -0.3 is 15.5 Å². The van der Waals surface area contributed by atoms with E-state index in [1.165, 1.54) is 18.5 Å². The van der Waals surface area contributed by atoms with Gasteiger partial charge in [0.1, 0.15) is 21.2 Å². The number of amides is 2. The van der Waals surface area contributed by atoms with Crippen molar-refractivity contribution in [3.8, 4) is 11.3 Å². The molecule has 12 heteroatoms. The van der Waals surface area contributed by atoms with Gasteiger partial charge in [-0.05, 0) is 25.1 Å². The lowest BCUT2D eigenvalue weighted by Gasteiger charge is -2.10. The second kappa shape index (κ2) is 8.67. The Morgan fingerprint density at radius 3 is 2.78 bits per heavy atom. The van der Waals surface area contributed by atoms with E-state index in [-0.39, 0.29) is 39.7 Å². The fraction of sp³-hybridized carbons (Fsp3) is 0.200. The van der Waals surface area contributed by atoms with Crippen LogP contribution in [-0.4, -0.2) is 26.6 Å². The van der Waals surface area contributed by atoms with Crippen molar-refractivity contribution in [3.63, 3.8) is 0 Å². The summed E-state index contributed by atoms with van der Waals surface area (Å²) in [5.41, 5.74) is 6.11. The fourth-order valence-corrected chi connectivity index (χ4v) is 4.36. The van der Waals surface area contributed by atoms with Gasteiger partial charge in [0.05, 0.1) is 35.4 Å². The predicted molar refractivity (Wildman–Crippen MR) is 116 cm³/mol. The van der Waals surface area contributed by atoms with E-state index in [2.05, 4.69) is 15.4 Å².